The van der Waals surface area contributed by atoms with Crippen molar-refractivity contribution in [3.05, 3.63) is 12.0 Å². The number of aromatic nitrogens is 1. The third-order valence-corrected chi connectivity index (χ3v) is 1.98. The summed E-state index contributed by atoms with van der Waals surface area (Å²) < 4.78 is 4.98. The Bertz CT molecular complexity index is 388. The van der Waals surface area contributed by atoms with Gasteiger partial charge in [-0.2, -0.15) is 4.98 Å². The molecule has 0 radical (unpaired) electrons. The van der Waals surface area contributed by atoms with Crippen LogP contribution in [0.2, 0.25) is 0 Å². The Morgan fingerprint density at radius 1 is 1.62 bits per heavy atom. The number of nitrogens with zero attached hydrogens (tertiary/aromatic N) is 2. The lowest BCUT2D eigenvalue weighted by molar-refractivity contribution is -0.119. The van der Waals surface area contributed by atoms with E-state index in [0.29, 0.717) is 6.54 Å². The highest BCUT2D eigenvalue weighted by Crippen LogP contribution is 2.12. The van der Waals surface area contributed by atoms with E-state index < -0.39 is 5.97 Å². The Morgan fingerprint density at radius 2 is 2.31 bits per heavy atom. The second-order valence-corrected chi connectivity index (χ2v) is 3.01. The Balaban J connectivity index is 2.78. The smallest absolute Gasteiger partial charge is 0.357 e. The van der Waals surface area contributed by atoms with Crippen molar-refractivity contribution >= 4 is 17.9 Å². The minimum absolute atomic E-state index is 0.0760. The van der Waals surface area contributed by atoms with Crippen molar-refractivity contribution in [3.63, 3.8) is 0 Å². The first-order chi connectivity index (χ1) is 7.58. The molecule has 0 aliphatic heterocycles. The lowest BCUT2D eigenvalue weighted by Gasteiger charge is -2.16. The molecule has 7 heteroatoms. The molecule has 1 aromatic heterocycles. The number of carboxylic acids is 1. The van der Waals surface area contributed by atoms with Crippen molar-refractivity contribution < 1.29 is 19.1 Å². The number of amides is 1. The van der Waals surface area contributed by atoms with E-state index >= 15 is 0 Å². The van der Waals surface area contributed by atoms with Gasteiger partial charge in [0.15, 0.2) is 5.69 Å². The van der Waals surface area contributed by atoms with Gasteiger partial charge in [-0.05, 0) is 6.92 Å². The molecule has 1 amide bonds. The topological polar surface area (TPSA) is 95.7 Å². The van der Waals surface area contributed by atoms with Gasteiger partial charge in [0, 0.05) is 13.6 Å². The number of aromatic carboxylic acids is 1. The zero-order valence-corrected chi connectivity index (χ0v) is 9.06. The number of carbonyl (C=O) groups is 2. The van der Waals surface area contributed by atoms with Gasteiger partial charge in [0.05, 0.1) is 0 Å². The third kappa shape index (κ3) is 2.72. The summed E-state index contributed by atoms with van der Waals surface area (Å²) in [5.74, 6) is -1.36. The molecule has 0 aliphatic rings. The van der Waals surface area contributed by atoms with E-state index in [9.17, 15) is 9.59 Å². The van der Waals surface area contributed by atoms with Crippen LogP contribution in [0.3, 0.4) is 0 Å². The number of carboxylic acid groups (broad SMARTS) is 1. The minimum Gasteiger partial charge on any atom is -0.476 e. The van der Waals surface area contributed by atoms with Crippen molar-refractivity contribution in [2.45, 2.75) is 6.92 Å². The Labute approximate surface area is 92.1 Å². The summed E-state index contributed by atoms with van der Waals surface area (Å²) in [6.07, 6.45) is 1.05. The summed E-state index contributed by atoms with van der Waals surface area (Å²) in [5, 5.41) is 11.1. The first kappa shape index (κ1) is 12.0. The van der Waals surface area contributed by atoms with Gasteiger partial charge in [-0.1, -0.05) is 0 Å². The van der Waals surface area contributed by atoms with Crippen LogP contribution in [-0.4, -0.2) is 42.1 Å². The van der Waals surface area contributed by atoms with E-state index in [-0.39, 0.29) is 24.2 Å². The van der Waals surface area contributed by atoms with Gasteiger partial charge in [-0.3, -0.25) is 4.79 Å². The maximum atomic E-state index is 11.2. The normalized spacial score (nSPS) is 9.88. The number of oxazole rings is 1. The largest absolute Gasteiger partial charge is 0.476 e. The van der Waals surface area contributed by atoms with Crippen LogP contribution in [0.5, 0.6) is 0 Å². The van der Waals surface area contributed by atoms with E-state index in [1.807, 2.05) is 6.92 Å². The number of likely N-dealkylation sites (N-methyl/N-ethyl adjacent to an activating group) is 2. The van der Waals surface area contributed by atoms with Crippen LogP contribution < -0.4 is 10.2 Å². The maximum absolute atomic E-state index is 11.2. The van der Waals surface area contributed by atoms with Crippen molar-refractivity contribution in [1.82, 2.24) is 10.3 Å². The molecule has 0 spiro atoms. The third-order valence-electron chi connectivity index (χ3n) is 1.98. The van der Waals surface area contributed by atoms with Crippen LogP contribution in [0.25, 0.3) is 0 Å². The standard InChI is InChI=1S/C9H13N3O4/c1-3-12(4-7(13)10-2)9-11-6(5-16-9)8(14)15/h5H,3-4H2,1-2H3,(H,10,13)(H,14,15). The van der Waals surface area contributed by atoms with Gasteiger partial charge in [-0.25, -0.2) is 4.79 Å². The number of hydrogen-bond donors (Lipinski definition) is 2. The second-order valence-electron chi connectivity index (χ2n) is 3.01. The zero-order valence-electron chi connectivity index (χ0n) is 9.06. The highest BCUT2D eigenvalue weighted by atomic mass is 16.4. The molecule has 0 saturated carbocycles. The molecule has 7 nitrogen and oxygen atoms in total. The minimum atomic E-state index is -1.16. The molecule has 0 unspecified atom stereocenters. The SMILES string of the molecule is CCN(CC(=O)NC)c1nc(C(=O)O)co1. The molecule has 16 heavy (non-hydrogen) atoms. The van der Waals surface area contributed by atoms with E-state index in [1.54, 1.807) is 0 Å². The number of hydrogen-bond acceptors (Lipinski definition) is 5. The van der Waals surface area contributed by atoms with Crippen LogP contribution in [0, 0.1) is 0 Å². The summed E-state index contributed by atoms with van der Waals surface area (Å²) in [6.45, 7) is 2.38. The number of carbonyl (C=O) groups excluding carboxylic acids is 1. The summed E-state index contributed by atoms with van der Waals surface area (Å²) in [4.78, 5) is 27.0. The molecule has 0 fully saturated rings. The molecule has 2 N–H and O–H groups in total. The Morgan fingerprint density at radius 3 is 2.75 bits per heavy atom. The average Bonchev–Trinajstić information content (AvgIpc) is 2.74. The summed E-state index contributed by atoms with van der Waals surface area (Å²) in [6, 6.07) is 0.128. The molecule has 0 saturated heterocycles. The highest BCUT2D eigenvalue weighted by molar-refractivity contribution is 5.85. The lowest BCUT2D eigenvalue weighted by atomic mass is 10.5. The zero-order chi connectivity index (χ0) is 12.1. The number of nitrogens with one attached hydrogen (secondary N) is 1. The van der Waals surface area contributed by atoms with E-state index in [2.05, 4.69) is 10.3 Å². The first-order valence-corrected chi connectivity index (χ1v) is 4.72. The van der Waals surface area contributed by atoms with Crippen molar-refractivity contribution in [2.24, 2.45) is 0 Å². The van der Waals surface area contributed by atoms with Crippen molar-refractivity contribution in [3.8, 4) is 0 Å². The van der Waals surface area contributed by atoms with Crippen molar-refractivity contribution in [1.29, 1.82) is 0 Å². The monoisotopic (exact) mass is 227 g/mol. The quantitative estimate of drug-likeness (QED) is 0.731. The lowest BCUT2D eigenvalue weighted by Crippen LogP contribution is -2.35. The summed E-state index contributed by atoms with van der Waals surface area (Å²) >= 11 is 0. The molecule has 0 atom stereocenters. The Kier molecular flexibility index (Phi) is 3.87. The molecule has 1 heterocycles. The molecule has 88 valence electrons. The second kappa shape index (κ2) is 5.15. The number of rotatable bonds is 5. The van der Waals surface area contributed by atoms with E-state index in [1.165, 1.54) is 11.9 Å². The fourth-order valence-corrected chi connectivity index (χ4v) is 1.07. The van der Waals surface area contributed by atoms with Gasteiger partial charge in [0.1, 0.15) is 12.8 Å². The van der Waals surface area contributed by atoms with Crippen LogP contribution in [0.1, 0.15) is 17.4 Å². The molecule has 0 aliphatic carbocycles. The summed E-state index contributed by atoms with van der Waals surface area (Å²) in [7, 11) is 1.52. The van der Waals surface area contributed by atoms with Gasteiger partial charge in [0.2, 0.25) is 5.91 Å². The van der Waals surface area contributed by atoms with Gasteiger partial charge in [0.25, 0.3) is 6.01 Å². The maximum Gasteiger partial charge on any atom is 0.357 e. The summed E-state index contributed by atoms with van der Waals surface area (Å²) in [5.41, 5.74) is -0.176. The molecule has 0 bridgehead atoms. The Hall–Kier alpha value is -2.05. The predicted octanol–water partition coefficient (Wildman–Crippen LogP) is -0.0549. The van der Waals surface area contributed by atoms with Crippen LogP contribution in [0.15, 0.2) is 10.7 Å². The van der Waals surface area contributed by atoms with Gasteiger partial charge >= 0.3 is 5.97 Å². The molecular formula is C9H13N3O4. The first-order valence-electron chi connectivity index (χ1n) is 4.72. The molecule has 1 aromatic rings. The van der Waals surface area contributed by atoms with Crippen LogP contribution in [0.4, 0.5) is 6.01 Å². The fraction of sp³-hybridized carbons (Fsp3) is 0.444. The fourth-order valence-electron chi connectivity index (χ4n) is 1.07. The van der Waals surface area contributed by atoms with Gasteiger partial charge in [-0.15, -0.1) is 0 Å². The van der Waals surface area contributed by atoms with E-state index in [0.717, 1.165) is 6.26 Å². The number of anilines is 1. The molecule has 0 aromatic carbocycles. The molecular weight excluding hydrogens is 214 g/mol. The van der Waals surface area contributed by atoms with E-state index in [4.69, 9.17) is 9.52 Å². The average molecular weight is 227 g/mol. The van der Waals surface area contributed by atoms with Gasteiger partial charge < -0.3 is 19.7 Å². The van der Waals surface area contributed by atoms with Crippen LogP contribution in [-0.2, 0) is 4.79 Å². The molecule has 1 rings (SSSR count). The predicted molar refractivity (Wildman–Crippen MR) is 55.4 cm³/mol. The van der Waals surface area contributed by atoms with Crippen LogP contribution >= 0.6 is 0 Å². The van der Waals surface area contributed by atoms with Crippen molar-refractivity contribution in [2.75, 3.05) is 25.0 Å². The highest BCUT2D eigenvalue weighted by Gasteiger charge is 2.16.